The Labute approximate surface area is 204 Å². The van der Waals surface area contributed by atoms with Gasteiger partial charge in [-0.15, -0.1) is 0 Å². The van der Waals surface area contributed by atoms with Crippen LogP contribution >= 0.6 is 11.6 Å². The first-order valence-electron chi connectivity index (χ1n) is 10.5. The third kappa shape index (κ3) is 5.51. The van der Waals surface area contributed by atoms with Crippen molar-refractivity contribution in [2.45, 2.75) is 6.54 Å². The fourth-order valence-corrected chi connectivity index (χ4v) is 3.54. The lowest BCUT2D eigenvalue weighted by atomic mass is 10.2. The molecule has 1 aromatic heterocycles. The van der Waals surface area contributed by atoms with Crippen LogP contribution < -0.4 is 15.8 Å². The van der Waals surface area contributed by atoms with Crippen molar-refractivity contribution in [2.75, 3.05) is 26.0 Å². The van der Waals surface area contributed by atoms with Gasteiger partial charge < -0.3 is 19.4 Å². The van der Waals surface area contributed by atoms with Crippen LogP contribution in [0.15, 0.2) is 69.9 Å². The molecule has 0 saturated carbocycles. The number of halogens is 1. The number of nitro benzene ring substituents is 1. The van der Waals surface area contributed by atoms with E-state index in [0.717, 1.165) is 0 Å². The molecule has 0 unspecified atom stereocenters. The smallest absolute Gasteiger partial charge is 0.419 e. The lowest BCUT2D eigenvalue weighted by Gasteiger charge is -2.10. The first-order chi connectivity index (χ1) is 16.7. The number of nitrogens with zero attached hydrogens (tertiary/aromatic N) is 3. The van der Waals surface area contributed by atoms with Gasteiger partial charge in [-0.25, -0.2) is 4.79 Å². The molecule has 0 aliphatic heterocycles. The van der Waals surface area contributed by atoms with Gasteiger partial charge in [0.15, 0.2) is 5.58 Å². The molecular formula is C24H21ClN4O6. The van der Waals surface area contributed by atoms with E-state index in [4.69, 9.17) is 20.8 Å². The number of nitro groups is 1. The number of ether oxygens (including phenoxy) is 1. The highest BCUT2D eigenvalue weighted by Gasteiger charge is 2.17. The highest BCUT2D eigenvalue weighted by atomic mass is 35.5. The van der Waals surface area contributed by atoms with Gasteiger partial charge in [0.05, 0.1) is 10.4 Å². The van der Waals surface area contributed by atoms with E-state index >= 15 is 0 Å². The number of rotatable bonds is 8. The number of carbonyl (C=O) groups excluding carboxylic acids is 1. The summed E-state index contributed by atoms with van der Waals surface area (Å²) >= 11 is 5.83. The Balaban J connectivity index is 1.49. The molecule has 0 atom stereocenters. The van der Waals surface area contributed by atoms with Gasteiger partial charge in [-0.3, -0.25) is 19.5 Å². The maximum Gasteiger partial charge on any atom is 0.419 e. The summed E-state index contributed by atoms with van der Waals surface area (Å²) in [7, 11) is 3.82. The van der Waals surface area contributed by atoms with Crippen molar-refractivity contribution in [3.8, 4) is 11.5 Å². The van der Waals surface area contributed by atoms with Crippen LogP contribution in [0.2, 0.25) is 5.02 Å². The van der Waals surface area contributed by atoms with E-state index in [0.29, 0.717) is 41.2 Å². The number of carbonyl (C=O) groups is 1. The van der Waals surface area contributed by atoms with Crippen LogP contribution in [0.4, 0.5) is 11.4 Å². The molecule has 3 aromatic carbocycles. The van der Waals surface area contributed by atoms with E-state index < -0.39 is 10.7 Å². The number of aromatic nitrogens is 1. The third-order valence-electron chi connectivity index (χ3n) is 5.16. The zero-order chi connectivity index (χ0) is 25.1. The Morgan fingerprint density at radius 3 is 2.57 bits per heavy atom. The average molecular weight is 497 g/mol. The molecule has 0 aliphatic rings. The molecular weight excluding hydrogens is 476 g/mol. The number of fused-ring (bicyclic) bond motifs is 1. The first-order valence-corrected chi connectivity index (χ1v) is 10.9. The molecule has 4 aromatic rings. The van der Waals surface area contributed by atoms with Crippen molar-refractivity contribution >= 4 is 40.0 Å². The third-order valence-corrected chi connectivity index (χ3v) is 5.39. The minimum absolute atomic E-state index is 0.0327. The second kappa shape index (κ2) is 10.00. The Hall–Kier alpha value is -4.15. The Bertz CT molecular complexity index is 1460. The Morgan fingerprint density at radius 1 is 1.14 bits per heavy atom. The zero-order valence-corrected chi connectivity index (χ0v) is 19.6. The summed E-state index contributed by atoms with van der Waals surface area (Å²) in [6, 6.07) is 15.2. The van der Waals surface area contributed by atoms with Gasteiger partial charge in [0.1, 0.15) is 5.75 Å². The molecule has 1 amide bonds. The van der Waals surface area contributed by atoms with Crippen LogP contribution in [-0.2, 0) is 6.54 Å². The van der Waals surface area contributed by atoms with Crippen molar-refractivity contribution in [3.63, 3.8) is 0 Å². The minimum Gasteiger partial charge on any atom is -0.450 e. The molecule has 0 spiro atoms. The fraction of sp³-hybridized carbons (Fsp3) is 0.167. The molecule has 0 bridgehead atoms. The highest BCUT2D eigenvalue weighted by molar-refractivity contribution is 6.30. The second-order valence-electron chi connectivity index (χ2n) is 7.96. The van der Waals surface area contributed by atoms with Gasteiger partial charge in [0, 0.05) is 35.4 Å². The van der Waals surface area contributed by atoms with Crippen molar-refractivity contribution < 1.29 is 18.9 Å². The van der Waals surface area contributed by atoms with Crippen LogP contribution in [0, 0.1) is 10.1 Å². The molecule has 4 rings (SSSR count). The van der Waals surface area contributed by atoms with Crippen LogP contribution in [0.5, 0.6) is 11.5 Å². The summed E-state index contributed by atoms with van der Waals surface area (Å²) in [4.78, 5) is 37.5. The maximum absolute atomic E-state index is 12.8. The van der Waals surface area contributed by atoms with Crippen molar-refractivity contribution in [1.82, 2.24) is 9.47 Å². The number of anilines is 1. The maximum atomic E-state index is 12.8. The van der Waals surface area contributed by atoms with E-state index in [1.54, 1.807) is 18.2 Å². The van der Waals surface area contributed by atoms with E-state index in [2.05, 4.69) is 5.32 Å². The van der Waals surface area contributed by atoms with Crippen LogP contribution in [0.25, 0.3) is 11.1 Å². The predicted octanol–water partition coefficient (Wildman–Crippen LogP) is 4.76. The van der Waals surface area contributed by atoms with Gasteiger partial charge in [-0.05, 0) is 68.7 Å². The zero-order valence-electron chi connectivity index (χ0n) is 18.9. The van der Waals surface area contributed by atoms with Gasteiger partial charge >= 0.3 is 11.4 Å². The number of hydrogen-bond donors (Lipinski definition) is 1. The summed E-state index contributed by atoms with van der Waals surface area (Å²) in [6.45, 7) is 1.10. The second-order valence-corrected chi connectivity index (χ2v) is 8.39. The molecule has 1 heterocycles. The summed E-state index contributed by atoms with van der Waals surface area (Å²) in [5, 5.41) is 14.3. The van der Waals surface area contributed by atoms with E-state index in [9.17, 15) is 19.7 Å². The lowest BCUT2D eigenvalue weighted by molar-refractivity contribution is -0.385. The molecule has 180 valence electrons. The summed E-state index contributed by atoms with van der Waals surface area (Å²) in [5.74, 6) is -0.483. The van der Waals surface area contributed by atoms with Gasteiger partial charge in [-0.1, -0.05) is 11.6 Å². The molecule has 0 fully saturated rings. The van der Waals surface area contributed by atoms with Gasteiger partial charge in [-0.2, -0.15) is 0 Å². The topological polar surface area (TPSA) is 120 Å². The van der Waals surface area contributed by atoms with E-state index in [-0.39, 0.29) is 22.4 Å². The normalized spacial score (nSPS) is 11.1. The number of amides is 1. The number of hydrogen-bond acceptors (Lipinski definition) is 7. The molecule has 35 heavy (non-hydrogen) atoms. The number of benzene rings is 3. The highest BCUT2D eigenvalue weighted by Crippen LogP contribution is 2.33. The molecule has 11 heteroatoms. The molecule has 0 radical (unpaired) electrons. The molecule has 1 N–H and O–H groups in total. The Morgan fingerprint density at radius 2 is 1.89 bits per heavy atom. The number of oxazole rings is 1. The monoisotopic (exact) mass is 496 g/mol. The van der Waals surface area contributed by atoms with Crippen LogP contribution in [0.3, 0.4) is 0 Å². The molecule has 10 nitrogen and oxygen atoms in total. The van der Waals surface area contributed by atoms with E-state index in [1.165, 1.54) is 47.0 Å². The van der Waals surface area contributed by atoms with Crippen LogP contribution in [-0.4, -0.2) is 40.9 Å². The lowest BCUT2D eigenvalue weighted by Crippen LogP contribution is -2.23. The average Bonchev–Trinajstić information content (AvgIpc) is 3.13. The number of likely N-dealkylation sites (N-methyl/N-ethyl adjacent to an activating group) is 1. The minimum atomic E-state index is -0.583. The predicted molar refractivity (Wildman–Crippen MR) is 132 cm³/mol. The van der Waals surface area contributed by atoms with Gasteiger partial charge in [0.25, 0.3) is 5.91 Å². The first kappa shape index (κ1) is 24.0. The summed E-state index contributed by atoms with van der Waals surface area (Å²) in [5.41, 5.74) is 1.60. The molecule has 0 saturated heterocycles. The standard InChI is InChI=1S/C24H21ClN4O6/c1-27(2)11-12-28-19-14-17(6-10-21(19)35-24(28)31)26-23(30)15-3-7-18(8-4-15)34-22-9-5-16(25)13-20(22)29(32)33/h3-10,13-14H,11-12H2,1-2H3,(H,26,30). The fourth-order valence-electron chi connectivity index (χ4n) is 3.38. The summed E-state index contributed by atoms with van der Waals surface area (Å²) < 4.78 is 12.4. The van der Waals surface area contributed by atoms with Crippen molar-refractivity contribution in [2.24, 2.45) is 0 Å². The largest absolute Gasteiger partial charge is 0.450 e. The summed E-state index contributed by atoms with van der Waals surface area (Å²) in [6.07, 6.45) is 0. The van der Waals surface area contributed by atoms with Crippen LogP contribution in [0.1, 0.15) is 10.4 Å². The quantitative estimate of drug-likeness (QED) is 0.276. The number of nitrogens with one attached hydrogen (secondary N) is 1. The SMILES string of the molecule is CN(C)CCn1c(=O)oc2ccc(NC(=O)c3ccc(Oc4ccc(Cl)cc4[N+](=O)[O-])cc3)cc21. The Kier molecular flexibility index (Phi) is 6.85. The van der Waals surface area contributed by atoms with Crippen molar-refractivity contribution in [3.05, 3.63) is 91.9 Å². The van der Waals surface area contributed by atoms with Gasteiger partial charge in [0.2, 0.25) is 5.75 Å². The molecule has 0 aliphatic carbocycles. The van der Waals surface area contributed by atoms with Crippen molar-refractivity contribution in [1.29, 1.82) is 0 Å². The van der Waals surface area contributed by atoms with E-state index in [1.807, 2.05) is 19.0 Å².